The Morgan fingerprint density at radius 1 is 1.09 bits per heavy atom. The van der Waals surface area contributed by atoms with Crippen molar-refractivity contribution in [1.82, 2.24) is 10.2 Å². The molecule has 1 aliphatic rings. The zero-order valence-corrected chi connectivity index (χ0v) is 20.2. The number of likely N-dealkylation sites (tertiary alicyclic amines) is 1. The molecule has 2 aromatic carbocycles. The van der Waals surface area contributed by atoms with Crippen molar-refractivity contribution in [2.75, 3.05) is 19.7 Å². The van der Waals surface area contributed by atoms with Gasteiger partial charge in [-0.25, -0.2) is 4.79 Å². The summed E-state index contributed by atoms with van der Waals surface area (Å²) in [6, 6.07) is 16.5. The maximum Gasteiger partial charge on any atom is 0.573 e. The number of amides is 1. The minimum Gasteiger partial charge on any atom is -0.450 e. The van der Waals surface area contributed by atoms with Crippen LogP contribution >= 0.6 is 0 Å². The molecule has 5 nitrogen and oxygen atoms in total. The summed E-state index contributed by atoms with van der Waals surface area (Å²) in [5.74, 6) is -0.465. The van der Waals surface area contributed by atoms with Crippen molar-refractivity contribution >= 4 is 14.2 Å². The van der Waals surface area contributed by atoms with Gasteiger partial charge in [0, 0.05) is 33.6 Å². The monoisotopic (exact) mass is 480 g/mol. The van der Waals surface area contributed by atoms with Gasteiger partial charge < -0.3 is 14.8 Å². The molecule has 0 aromatic heterocycles. The Bertz CT molecular complexity index is 919. The van der Waals surface area contributed by atoms with Crippen LogP contribution in [0.2, 0.25) is 25.7 Å². The van der Waals surface area contributed by atoms with Gasteiger partial charge in [0.1, 0.15) is 5.75 Å². The number of hydrogen-bond donors (Lipinski definition) is 1. The van der Waals surface area contributed by atoms with Gasteiger partial charge in [0.2, 0.25) is 0 Å². The van der Waals surface area contributed by atoms with E-state index in [9.17, 15) is 18.0 Å². The van der Waals surface area contributed by atoms with Crippen molar-refractivity contribution in [1.29, 1.82) is 0 Å². The van der Waals surface area contributed by atoms with Crippen LogP contribution in [-0.2, 0) is 11.3 Å². The first kappa shape index (κ1) is 25.1. The van der Waals surface area contributed by atoms with Crippen LogP contribution in [0.5, 0.6) is 5.75 Å². The van der Waals surface area contributed by atoms with E-state index in [0.29, 0.717) is 31.8 Å². The average molecular weight is 481 g/mol. The number of halogens is 3. The third-order valence-corrected chi connectivity index (χ3v) is 7.26. The predicted molar refractivity (Wildman–Crippen MR) is 124 cm³/mol. The third kappa shape index (κ3) is 8.40. The van der Waals surface area contributed by atoms with Crippen molar-refractivity contribution < 1.29 is 27.4 Å². The quantitative estimate of drug-likeness (QED) is 0.499. The van der Waals surface area contributed by atoms with Gasteiger partial charge in [0.05, 0.1) is 12.6 Å². The first-order valence-electron chi connectivity index (χ1n) is 11.0. The van der Waals surface area contributed by atoms with Gasteiger partial charge in [-0.1, -0.05) is 62.1 Å². The summed E-state index contributed by atoms with van der Waals surface area (Å²) in [6.07, 6.45) is -5.25. The second-order valence-electron chi connectivity index (χ2n) is 9.60. The Morgan fingerprint density at radius 3 is 2.48 bits per heavy atom. The number of rotatable bonds is 8. The molecule has 2 atom stereocenters. The molecule has 1 N–H and O–H groups in total. The van der Waals surface area contributed by atoms with Crippen LogP contribution in [0.15, 0.2) is 54.6 Å². The van der Waals surface area contributed by atoms with Crippen molar-refractivity contribution in [3.05, 3.63) is 65.7 Å². The third-order valence-electron chi connectivity index (χ3n) is 5.55. The number of alkyl halides is 3. The molecule has 0 aliphatic carbocycles. The molecular weight excluding hydrogens is 449 g/mol. The summed E-state index contributed by atoms with van der Waals surface area (Å²) >= 11 is 0. The Hall–Kier alpha value is -2.52. The Morgan fingerprint density at radius 2 is 1.82 bits per heavy atom. The molecule has 2 aromatic rings. The molecule has 1 aliphatic heterocycles. The Balaban J connectivity index is 1.73. The van der Waals surface area contributed by atoms with E-state index in [4.69, 9.17) is 4.74 Å². The van der Waals surface area contributed by atoms with Gasteiger partial charge in [0.15, 0.2) is 0 Å². The molecule has 0 unspecified atom stereocenters. The van der Waals surface area contributed by atoms with Gasteiger partial charge in [-0.05, 0) is 29.3 Å². The van der Waals surface area contributed by atoms with Crippen LogP contribution in [0.3, 0.4) is 0 Å². The fourth-order valence-corrected chi connectivity index (χ4v) is 4.64. The van der Waals surface area contributed by atoms with Gasteiger partial charge >= 0.3 is 12.5 Å². The molecule has 1 saturated heterocycles. The Kier molecular flexibility index (Phi) is 8.07. The standard InChI is InChI=1S/C24H31F3N2O3Si/c1-33(2,3)13-12-31-23(30)28-22-17-29(15-18-8-5-4-6-9-18)16-21(22)19-10-7-11-20(14-19)32-24(25,26)27/h4-11,14,21-22H,12-13,15-17H2,1-3H3,(H,28,30)/t21-,22+/m0/s1. The van der Waals surface area contributed by atoms with E-state index in [2.05, 4.69) is 34.6 Å². The summed E-state index contributed by atoms with van der Waals surface area (Å²) in [7, 11) is -1.33. The smallest absolute Gasteiger partial charge is 0.450 e. The number of carbonyl (C=O) groups excluding carboxylic acids is 1. The largest absolute Gasteiger partial charge is 0.573 e. The first-order valence-corrected chi connectivity index (χ1v) is 14.7. The number of nitrogens with zero attached hydrogens (tertiary/aromatic N) is 1. The zero-order valence-electron chi connectivity index (χ0n) is 19.2. The van der Waals surface area contributed by atoms with Crippen LogP contribution in [0.1, 0.15) is 17.0 Å². The lowest BCUT2D eigenvalue weighted by Crippen LogP contribution is -2.40. The maximum absolute atomic E-state index is 12.7. The lowest BCUT2D eigenvalue weighted by Gasteiger charge is -2.21. The topological polar surface area (TPSA) is 50.8 Å². The average Bonchev–Trinajstić information content (AvgIpc) is 3.08. The minimum atomic E-state index is -4.76. The van der Waals surface area contributed by atoms with Crippen LogP contribution in [0.4, 0.5) is 18.0 Å². The van der Waals surface area contributed by atoms with E-state index in [1.165, 1.54) is 12.1 Å². The predicted octanol–water partition coefficient (Wildman–Crippen LogP) is 5.62. The summed E-state index contributed by atoms with van der Waals surface area (Å²) in [6.45, 7) is 8.81. The molecule has 180 valence electrons. The molecule has 9 heteroatoms. The molecule has 1 amide bonds. The highest BCUT2D eigenvalue weighted by molar-refractivity contribution is 6.76. The molecule has 1 fully saturated rings. The van der Waals surface area contributed by atoms with E-state index in [-0.39, 0.29) is 17.7 Å². The van der Waals surface area contributed by atoms with E-state index in [1.807, 2.05) is 30.3 Å². The van der Waals surface area contributed by atoms with Crippen LogP contribution in [0, 0.1) is 0 Å². The second kappa shape index (κ2) is 10.6. The SMILES string of the molecule is C[Si](C)(C)CCOC(=O)N[C@@H]1CN(Cc2ccccc2)C[C@H]1c1cccc(OC(F)(F)F)c1. The van der Waals surface area contributed by atoms with Gasteiger partial charge in [-0.3, -0.25) is 4.90 Å². The molecule has 0 spiro atoms. The van der Waals surface area contributed by atoms with Crippen LogP contribution in [0.25, 0.3) is 0 Å². The summed E-state index contributed by atoms with van der Waals surface area (Å²) in [5.41, 5.74) is 1.81. The molecule has 1 heterocycles. The zero-order chi connectivity index (χ0) is 24.1. The van der Waals surface area contributed by atoms with Crippen molar-refractivity contribution in [2.45, 2.75) is 50.6 Å². The lowest BCUT2D eigenvalue weighted by atomic mass is 9.94. The minimum absolute atomic E-state index is 0.199. The number of ether oxygens (including phenoxy) is 2. The highest BCUT2D eigenvalue weighted by Crippen LogP contribution is 2.32. The first-order chi connectivity index (χ1) is 15.5. The maximum atomic E-state index is 12.7. The van der Waals surface area contributed by atoms with Crippen molar-refractivity contribution in [3.63, 3.8) is 0 Å². The van der Waals surface area contributed by atoms with E-state index in [0.717, 1.165) is 11.6 Å². The van der Waals surface area contributed by atoms with Crippen molar-refractivity contribution in [3.8, 4) is 5.75 Å². The highest BCUT2D eigenvalue weighted by atomic mass is 28.3. The highest BCUT2D eigenvalue weighted by Gasteiger charge is 2.36. The number of benzene rings is 2. The molecule has 33 heavy (non-hydrogen) atoms. The number of carbonyl (C=O) groups is 1. The normalized spacial score (nSPS) is 19.3. The molecule has 0 saturated carbocycles. The van der Waals surface area contributed by atoms with E-state index >= 15 is 0 Å². The van der Waals surface area contributed by atoms with Gasteiger partial charge in [-0.2, -0.15) is 0 Å². The summed E-state index contributed by atoms with van der Waals surface area (Å²) in [5, 5.41) is 2.95. The van der Waals surface area contributed by atoms with Crippen LogP contribution < -0.4 is 10.1 Å². The fraction of sp³-hybridized carbons (Fsp3) is 0.458. The second-order valence-corrected chi connectivity index (χ2v) is 15.2. The lowest BCUT2D eigenvalue weighted by molar-refractivity contribution is -0.274. The van der Waals surface area contributed by atoms with Gasteiger partial charge in [-0.15, -0.1) is 13.2 Å². The number of alkyl carbamates (subject to hydrolysis) is 1. The summed E-state index contributed by atoms with van der Waals surface area (Å²) in [4.78, 5) is 14.7. The summed E-state index contributed by atoms with van der Waals surface area (Å²) < 4.78 is 47.6. The molecule has 0 radical (unpaired) electrons. The number of hydrogen-bond acceptors (Lipinski definition) is 4. The fourth-order valence-electron chi connectivity index (χ4n) is 3.93. The van der Waals surface area contributed by atoms with E-state index in [1.54, 1.807) is 12.1 Å². The molecular formula is C24H31F3N2O3Si. The van der Waals surface area contributed by atoms with Gasteiger partial charge in [0.25, 0.3) is 0 Å². The Labute approximate surface area is 193 Å². The number of nitrogens with one attached hydrogen (secondary N) is 1. The molecule has 3 rings (SSSR count). The molecule has 0 bridgehead atoms. The van der Waals surface area contributed by atoms with E-state index < -0.39 is 20.5 Å². The van der Waals surface area contributed by atoms with Crippen molar-refractivity contribution in [2.24, 2.45) is 0 Å². The van der Waals surface area contributed by atoms with Crippen LogP contribution in [-0.4, -0.2) is 51.2 Å².